The third kappa shape index (κ3) is 3.72. The Labute approximate surface area is 147 Å². The Morgan fingerprint density at radius 2 is 2.32 bits per heavy atom. The lowest BCUT2D eigenvalue weighted by Crippen LogP contribution is -2.15. The third-order valence-electron chi connectivity index (χ3n) is 4.59. The van der Waals surface area contributed by atoms with Gasteiger partial charge in [0.25, 0.3) is 0 Å². The van der Waals surface area contributed by atoms with E-state index in [-0.39, 0.29) is 5.41 Å². The molecule has 0 radical (unpaired) electrons. The minimum Gasteiger partial charge on any atom is -0.276 e. The van der Waals surface area contributed by atoms with Crippen molar-refractivity contribution in [2.24, 2.45) is 5.41 Å². The Bertz CT molecular complexity index is 536. The van der Waals surface area contributed by atoms with Crippen LogP contribution in [0.3, 0.4) is 0 Å². The zero-order valence-corrected chi connectivity index (χ0v) is 16.0. The molecule has 3 unspecified atom stereocenters. The molecule has 3 atom stereocenters. The van der Waals surface area contributed by atoms with Crippen LogP contribution in [0.4, 0.5) is 0 Å². The van der Waals surface area contributed by atoms with Crippen LogP contribution in [0.1, 0.15) is 26.2 Å². The highest BCUT2D eigenvalue weighted by Gasteiger charge is 2.53. The summed E-state index contributed by atoms with van der Waals surface area (Å²) in [6, 6.07) is 0. The van der Waals surface area contributed by atoms with Crippen molar-refractivity contribution in [3.8, 4) is 0 Å². The molecular weight excluding hydrogens is 326 g/mol. The molecule has 1 aliphatic carbocycles. The van der Waals surface area contributed by atoms with E-state index < -0.39 is 0 Å². The van der Waals surface area contributed by atoms with E-state index in [1.54, 1.807) is 0 Å². The molecule has 0 aromatic heterocycles. The molecule has 0 amide bonds. The molecule has 120 valence electrons. The molecule has 0 bridgehead atoms. The van der Waals surface area contributed by atoms with Gasteiger partial charge in [-0.15, -0.1) is 30.1 Å². The summed E-state index contributed by atoms with van der Waals surface area (Å²) in [5, 5.41) is 0. The maximum atomic E-state index is 3.95. The highest BCUT2D eigenvalue weighted by atomic mass is 32.2. The van der Waals surface area contributed by atoms with Gasteiger partial charge in [-0.1, -0.05) is 49.1 Å². The molecule has 0 aromatic rings. The first-order valence-corrected chi connectivity index (χ1v) is 11.0. The van der Waals surface area contributed by atoms with Crippen LogP contribution in [0, 0.1) is 5.41 Å². The van der Waals surface area contributed by atoms with E-state index in [0.717, 1.165) is 12.2 Å². The topological polar surface area (TPSA) is 3.01 Å². The van der Waals surface area contributed by atoms with Crippen molar-refractivity contribution in [1.82, 2.24) is 4.90 Å². The fraction of sp³-hybridized carbons (Fsp3) is 0.556. The van der Waals surface area contributed by atoms with Gasteiger partial charge in [0.15, 0.2) is 0 Å². The van der Waals surface area contributed by atoms with Gasteiger partial charge >= 0.3 is 0 Å². The second kappa shape index (κ2) is 6.84. The second-order valence-corrected chi connectivity index (χ2v) is 10.4. The van der Waals surface area contributed by atoms with E-state index >= 15 is 0 Å². The molecule has 1 nitrogen and oxygen atoms in total. The molecule has 22 heavy (non-hydrogen) atoms. The van der Waals surface area contributed by atoms with Crippen molar-refractivity contribution in [3.63, 3.8) is 0 Å². The first kappa shape index (κ1) is 16.8. The number of hydrogen-bond acceptors (Lipinski definition) is 4. The van der Waals surface area contributed by atoms with E-state index in [4.69, 9.17) is 0 Å². The summed E-state index contributed by atoms with van der Waals surface area (Å²) < 4.78 is 1.81. The molecular formula is C18H25NS3. The van der Waals surface area contributed by atoms with Crippen molar-refractivity contribution >= 4 is 35.3 Å². The third-order valence-corrected chi connectivity index (χ3v) is 8.90. The Morgan fingerprint density at radius 1 is 1.45 bits per heavy atom. The molecule has 0 spiro atoms. The average Bonchev–Trinajstić information content (AvgIpc) is 3.19. The number of hydrogen-bond donors (Lipinski definition) is 0. The lowest BCUT2D eigenvalue weighted by Gasteiger charge is -2.25. The Kier molecular flexibility index (Phi) is 5.23. The van der Waals surface area contributed by atoms with Crippen molar-refractivity contribution < 1.29 is 0 Å². The van der Waals surface area contributed by atoms with Crippen LogP contribution in [0.15, 0.2) is 46.8 Å². The fourth-order valence-corrected chi connectivity index (χ4v) is 6.74. The van der Waals surface area contributed by atoms with Crippen LogP contribution in [-0.2, 0) is 0 Å². The van der Waals surface area contributed by atoms with Gasteiger partial charge in [-0.25, -0.2) is 0 Å². The molecule has 3 rings (SSSR count). The fourth-order valence-electron chi connectivity index (χ4n) is 2.78. The SMILES string of the molecule is C=CC1(C)C=CC(CSC23CN2CCCC=C(SC)S3)=CC1. The first-order chi connectivity index (χ1) is 10.6. The summed E-state index contributed by atoms with van der Waals surface area (Å²) in [5.74, 6) is 1.12. The summed E-state index contributed by atoms with van der Waals surface area (Å²) in [4.78, 5) is 2.65. The summed E-state index contributed by atoms with van der Waals surface area (Å²) in [5.41, 5.74) is 1.63. The molecule has 0 saturated carbocycles. The van der Waals surface area contributed by atoms with Gasteiger partial charge in [-0.3, -0.25) is 4.90 Å². The lowest BCUT2D eigenvalue weighted by molar-refractivity contribution is 0.518. The monoisotopic (exact) mass is 351 g/mol. The number of allylic oxidation sites excluding steroid dienone is 5. The zero-order valence-electron chi connectivity index (χ0n) is 13.5. The van der Waals surface area contributed by atoms with Gasteiger partial charge in [-0.2, -0.15) is 0 Å². The summed E-state index contributed by atoms with van der Waals surface area (Å²) in [6.45, 7) is 8.69. The molecule has 1 saturated heterocycles. The van der Waals surface area contributed by atoms with Gasteiger partial charge < -0.3 is 0 Å². The Morgan fingerprint density at radius 3 is 3.00 bits per heavy atom. The molecule has 4 heteroatoms. The van der Waals surface area contributed by atoms with Gasteiger partial charge in [0.1, 0.15) is 4.20 Å². The maximum Gasteiger partial charge on any atom is 0.132 e. The summed E-state index contributed by atoms with van der Waals surface area (Å²) >= 11 is 6.11. The van der Waals surface area contributed by atoms with Crippen molar-refractivity contribution in [2.75, 3.05) is 25.1 Å². The van der Waals surface area contributed by atoms with Gasteiger partial charge in [0.2, 0.25) is 0 Å². The van der Waals surface area contributed by atoms with E-state index in [1.165, 1.54) is 35.7 Å². The van der Waals surface area contributed by atoms with Crippen LogP contribution in [0.2, 0.25) is 0 Å². The Hall–Kier alpha value is -0.0300. The number of fused-ring (bicyclic) bond motifs is 1. The highest BCUT2D eigenvalue weighted by molar-refractivity contribution is 8.28. The average molecular weight is 352 g/mol. The van der Waals surface area contributed by atoms with Crippen molar-refractivity contribution in [1.29, 1.82) is 0 Å². The normalized spacial score (nSPS) is 37.5. The van der Waals surface area contributed by atoms with Gasteiger partial charge in [0, 0.05) is 28.5 Å². The molecule has 0 aromatic carbocycles. The number of rotatable bonds is 5. The number of thioether (sulfide) groups is 3. The minimum atomic E-state index is 0.155. The van der Waals surface area contributed by atoms with Crippen LogP contribution in [0.5, 0.6) is 0 Å². The first-order valence-electron chi connectivity index (χ1n) is 7.93. The summed E-state index contributed by atoms with van der Waals surface area (Å²) in [7, 11) is 0. The second-order valence-electron chi connectivity index (χ2n) is 6.42. The van der Waals surface area contributed by atoms with Crippen molar-refractivity contribution in [3.05, 3.63) is 46.8 Å². The van der Waals surface area contributed by atoms with E-state index in [0.29, 0.717) is 4.20 Å². The minimum absolute atomic E-state index is 0.155. The highest BCUT2D eigenvalue weighted by Crippen LogP contribution is 2.57. The molecule has 0 N–H and O–H groups in total. The summed E-state index contributed by atoms with van der Waals surface area (Å²) in [6.07, 6.45) is 17.3. The Balaban J connectivity index is 1.60. The van der Waals surface area contributed by atoms with Gasteiger partial charge in [-0.05, 0) is 31.1 Å². The van der Waals surface area contributed by atoms with Crippen LogP contribution in [0.25, 0.3) is 0 Å². The molecule has 2 heterocycles. The standard InChI is InChI=1S/C18H25NS3/c1-4-17(2)10-8-15(9-11-17)13-21-18-14-19(18)12-6-5-7-16(20-3)22-18/h4,7-10H,1,5-6,11-14H2,2-3H3. The van der Waals surface area contributed by atoms with E-state index in [2.05, 4.69) is 78.6 Å². The molecule has 3 aliphatic rings. The van der Waals surface area contributed by atoms with Gasteiger partial charge in [0.05, 0.1) is 0 Å². The van der Waals surface area contributed by atoms with Crippen molar-refractivity contribution in [2.45, 2.75) is 30.4 Å². The lowest BCUT2D eigenvalue weighted by atomic mass is 9.82. The quantitative estimate of drug-likeness (QED) is 0.475. The van der Waals surface area contributed by atoms with Crippen LogP contribution < -0.4 is 0 Å². The zero-order chi connectivity index (χ0) is 15.6. The van der Waals surface area contributed by atoms with E-state index in [9.17, 15) is 0 Å². The number of nitrogens with zero attached hydrogens (tertiary/aromatic N) is 1. The molecule has 1 fully saturated rings. The maximum absolute atomic E-state index is 3.95. The largest absolute Gasteiger partial charge is 0.276 e. The van der Waals surface area contributed by atoms with E-state index in [1.807, 2.05) is 11.8 Å². The predicted molar refractivity (Wildman–Crippen MR) is 105 cm³/mol. The smallest absolute Gasteiger partial charge is 0.132 e. The van der Waals surface area contributed by atoms with Crippen LogP contribution >= 0.6 is 35.3 Å². The molecule has 2 aliphatic heterocycles. The predicted octanol–water partition coefficient (Wildman–Crippen LogP) is 5.50. The van der Waals surface area contributed by atoms with Crippen LogP contribution in [-0.4, -0.2) is 34.2 Å².